The molecule has 5 aromatic rings. The minimum absolute atomic E-state index is 0.140. The summed E-state index contributed by atoms with van der Waals surface area (Å²) < 4.78 is 0. The number of para-hydroxylation sites is 2. The van der Waals surface area contributed by atoms with Crippen molar-refractivity contribution in [3.8, 4) is 11.3 Å². The SMILES string of the molecule is Cc1cccc(C)c1N1C(=O)C(=Cc2ccccc2-c2cc3ccccc3[nH]2)SC1=NN=C1C(=O)Nc2ccc(Cl)cc21. The molecule has 2 amide bonds. The first kappa shape index (κ1) is 26.9. The second-order valence-electron chi connectivity index (χ2n) is 10.3. The number of hydrogen-bond donors (Lipinski definition) is 2. The fraction of sp³-hybridized carbons (Fsp3) is 0.0588. The van der Waals surface area contributed by atoms with Crippen molar-refractivity contribution in [1.82, 2.24) is 4.98 Å². The molecular formula is C34H24ClN5O2S. The van der Waals surface area contributed by atoms with Crippen LogP contribution in [0.3, 0.4) is 0 Å². The molecule has 7 rings (SSSR count). The van der Waals surface area contributed by atoms with E-state index in [1.165, 1.54) is 11.8 Å². The van der Waals surface area contributed by atoms with Gasteiger partial charge in [-0.15, -0.1) is 10.2 Å². The van der Waals surface area contributed by atoms with Crippen LogP contribution in [-0.4, -0.2) is 27.7 Å². The fourth-order valence-corrected chi connectivity index (χ4v) is 6.52. The van der Waals surface area contributed by atoms with Gasteiger partial charge in [0.2, 0.25) is 5.17 Å². The number of rotatable bonds is 4. The molecule has 1 saturated heterocycles. The second-order valence-corrected chi connectivity index (χ2v) is 11.8. The monoisotopic (exact) mass is 601 g/mol. The van der Waals surface area contributed by atoms with Crippen LogP contribution in [0.1, 0.15) is 22.3 Å². The maximum Gasteiger partial charge on any atom is 0.276 e. The van der Waals surface area contributed by atoms with E-state index in [1.54, 1.807) is 23.1 Å². The number of amidine groups is 1. The summed E-state index contributed by atoms with van der Waals surface area (Å²) in [6.07, 6.45) is 1.89. The molecule has 0 radical (unpaired) electrons. The van der Waals surface area contributed by atoms with Crippen molar-refractivity contribution >= 4 is 74.4 Å². The predicted molar refractivity (Wildman–Crippen MR) is 177 cm³/mol. The lowest BCUT2D eigenvalue weighted by Crippen LogP contribution is -2.30. The number of fused-ring (bicyclic) bond motifs is 2. The van der Waals surface area contributed by atoms with Crippen LogP contribution >= 0.6 is 23.4 Å². The topological polar surface area (TPSA) is 89.9 Å². The molecule has 0 atom stereocenters. The van der Waals surface area contributed by atoms with Gasteiger partial charge in [0.05, 0.1) is 16.3 Å². The average molecular weight is 602 g/mol. The van der Waals surface area contributed by atoms with E-state index in [2.05, 4.69) is 32.6 Å². The number of carbonyl (C=O) groups excluding carboxylic acids is 2. The van der Waals surface area contributed by atoms with E-state index in [4.69, 9.17) is 11.6 Å². The normalized spacial score (nSPS) is 17.5. The molecular weight excluding hydrogens is 578 g/mol. The smallest absolute Gasteiger partial charge is 0.276 e. The number of aryl methyl sites for hydroxylation is 2. The Labute approximate surface area is 257 Å². The van der Waals surface area contributed by atoms with Gasteiger partial charge in [-0.3, -0.25) is 14.5 Å². The highest BCUT2D eigenvalue weighted by Crippen LogP contribution is 2.40. The van der Waals surface area contributed by atoms with Gasteiger partial charge in [-0.2, -0.15) is 0 Å². The van der Waals surface area contributed by atoms with Gasteiger partial charge in [0, 0.05) is 32.7 Å². The lowest BCUT2D eigenvalue weighted by molar-refractivity contribution is -0.113. The maximum atomic E-state index is 14.1. The zero-order valence-electron chi connectivity index (χ0n) is 23.2. The first-order valence-electron chi connectivity index (χ1n) is 13.6. The molecule has 43 heavy (non-hydrogen) atoms. The highest BCUT2D eigenvalue weighted by molar-refractivity contribution is 8.19. The molecule has 0 saturated carbocycles. The molecule has 0 spiro atoms. The van der Waals surface area contributed by atoms with E-state index in [1.807, 2.05) is 80.6 Å². The highest BCUT2D eigenvalue weighted by Gasteiger charge is 2.37. The molecule has 0 unspecified atom stereocenters. The molecule has 9 heteroatoms. The molecule has 7 nitrogen and oxygen atoms in total. The highest BCUT2D eigenvalue weighted by atomic mass is 35.5. The lowest BCUT2D eigenvalue weighted by Gasteiger charge is -2.20. The van der Waals surface area contributed by atoms with Gasteiger partial charge in [0.15, 0.2) is 5.71 Å². The number of nitrogens with zero attached hydrogens (tertiary/aromatic N) is 3. The summed E-state index contributed by atoms with van der Waals surface area (Å²) in [5.74, 6) is -0.593. The molecule has 4 aromatic carbocycles. The predicted octanol–water partition coefficient (Wildman–Crippen LogP) is 7.94. The van der Waals surface area contributed by atoms with Crippen LogP contribution in [0.15, 0.2) is 106 Å². The van der Waals surface area contributed by atoms with E-state index in [9.17, 15) is 9.59 Å². The van der Waals surface area contributed by atoms with Gasteiger partial charge in [0.25, 0.3) is 11.8 Å². The zero-order chi connectivity index (χ0) is 29.7. The largest absolute Gasteiger partial charge is 0.355 e. The summed E-state index contributed by atoms with van der Waals surface area (Å²) in [6, 6.07) is 29.2. The number of anilines is 2. The summed E-state index contributed by atoms with van der Waals surface area (Å²) in [5.41, 5.74) is 7.77. The van der Waals surface area contributed by atoms with Crippen LogP contribution in [-0.2, 0) is 9.59 Å². The molecule has 2 aliphatic rings. The van der Waals surface area contributed by atoms with Crippen LogP contribution in [0.2, 0.25) is 5.02 Å². The van der Waals surface area contributed by atoms with Crippen LogP contribution in [0.4, 0.5) is 11.4 Å². The number of carbonyl (C=O) groups is 2. The Hall–Kier alpha value is -4.92. The Kier molecular flexibility index (Phi) is 6.72. The fourth-order valence-electron chi connectivity index (χ4n) is 5.44. The van der Waals surface area contributed by atoms with Crippen LogP contribution in [0, 0.1) is 13.8 Å². The maximum absolute atomic E-state index is 14.1. The average Bonchev–Trinajstić information content (AvgIpc) is 3.65. The number of aromatic nitrogens is 1. The van der Waals surface area contributed by atoms with E-state index < -0.39 is 0 Å². The lowest BCUT2D eigenvalue weighted by atomic mass is 10.0. The van der Waals surface area contributed by atoms with Crippen LogP contribution < -0.4 is 10.2 Å². The van der Waals surface area contributed by atoms with Crippen molar-refractivity contribution in [3.63, 3.8) is 0 Å². The first-order valence-corrected chi connectivity index (χ1v) is 14.8. The number of amides is 2. The van der Waals surface area contributed by atoms with Crippen molar-refractivity contribution in [3.05, 3.63) is 123 Å². The van der Waals surface area contributed by atoms with E-state index >= 15 is 0 Å². The van der Waals surface area contributed by atoms with Gasteiger partial charge in [-0.05, 0) is 78.7 Å². The molecule has 1 aromatic heterocycles. The Morgan fingerprint density at radius 1 is 0.837 bits per heavy atom. The standard InChI is InChI=1S/C34H24ClN5O2S/c1-19-8-7-9-20(2)31(19)40-33(42)29(43-34(40)39-38-30-25-18-23(35)14-15-27(25)37-32(30)41)17-21-10-3-5-12-24(21)28-16-22-11-4-6-13-26(22)36-28/h3-18,36H,1-2H3,(H,37,38,41). The minimum Gasteiger partial charge on any atom is -0.355 e. The molecule has 2 aliphatic heterocycles. The number of hydrogen-bond acceptors (Lipinski definition) is 5. The van der Waals surface area contributed by atoms with Crippen LogP contribution in [0.25, 0.3) is 28.2 Å². The number of aromatic amines is 1. The van der Waals surface area contributed by atoms with E-state index in [0.29, 0.717) is 26.3 Å². The summed E-state index contributed by atoms with van der Waals surface area (Å²) in [4.78, 5) is 32.4. The molecule has 0 bridgehead atoms. The number of benzene rings is 4. The Balaban J connectivity index is 1.34. The van der Waals surface area contributed by atoms with Gasteiger partial charge < -0.3 is 10.3 Å². The van der Waals surface area contributed by atoms with Gasteiger partial charge in [-0.1, -0.05) is 72.3 Å². The number of halogens is 1. The molecule has 2 N–H and O–H groups in total. The Morgan fingerprint density at radius 2 is 1.60 bits per heavy atom. The third-order valence-electron chi connectivity index (χ3n) is 7.47. The summed E-state index contributed by atoms with van der Waals surface area (Å²) in [6.45, 7) is 3.92. The second kappa shape index (κ2) is 10.7. The third kappa shape index (κ3) is 4.84. The van der Waals surface area contributed by atoms with Gasteiger partial charge in [-0.25, -0.2) is 0 Å². The van der Waals surface area contributed by atoms with Crippen molar-refractivity contribution in [1.29, 1.82) is 0 Å². The minimum atomic E-state index is -0.377. The molecule has 210 valence electrons. The van der Waals surface area contributed by atoms with Crippen molar-refractivity contribution < 1.29 is 9.59 Å². The van der Waals surface area contributed by atoms with Crippen molar-refractivity contribution in [2.24, 2.45) is 10.2 Å². The first-order chi connectivity index (χ1) is 20.9. The van der Waals surface area contributed by atoms with Crippen molar-refractivity contribution in [2.75, 3.05) is 10.2 Å². The number of nitrogens with one attached hydrogen (secondary N) is 2. The van der Waals surface area contributed by atoms with Crippen molar-refractivity contribution in [2.45, 2.75) is 13.8 Å². The van der Waals surface area contributed by atoms with Gasteiger partial charge in [0.1, 0.15) is 0 Å². The zero-order valence-corrected chi connectivity index (χ0v) is 24.8. The molecule has 3 heterocycles. The summed E-state index contributed by atoms with van der Waals surface area (Å²) in [7, 11) is 0. The van der Waals surface area contributed by atoms with E-state index in [-0.39, 0.29) is 17.5 Å². The number of thioether (sulfide) groups is 1. The Bertz CT molecular complexity index is 2020. The Morgan fingerprint density at radius 3 is 2.42 bits per heavy atom. The van der Waals surface area contributed by atoms with Gasteiger partial charge >= 0.3 is 0 Å². The third-order valence-corrected chi connectivity index (χ3v) is 8.67. The summed E-state index contributed by atoms with van der Waals surface area (Å²) in [5, 5.41) is 13.6. The quantitative estimate of drug-likeness (QED) is 0.162. The summed E-state index contributed by atoms with van der Waals surface area (Å²) >= 11 is 7.42. The van der Waals surface area contributed by atoms with E-state index in [0.717, 1.165) is 44.5 Å². The molecule has 0 aliphatic carbocycles. The number of H-pyrrole nitrogens is 1. The van der Waals surface area contributed by atoms with Crippen LogP contribution in [0.5, 0.6) is 0 Å². The molecule has 1 fully saturated rings.